The second kappa shape index (κ2) is 4.00. The molecule has 2 N–H and O–H groups in total. The summed E-state index contributed by atoms with van der Waals surface area (Å²) < 4.78 is 1.73. The lowest BCUT2D eigenvalue weighted by molar-refractivity contribution is 0.132. The molecule has 2 heterocycles. The topological polar surface area (TPSA) is 62.5 Å². The van der Waals surface area contributed by atoms with Gasteiger partial charge in [0.25, 0.3) is 0 Å². The summed E-state index contributed by atoms with van der Waals surface area (Å²) >= 11 is 0. The quantitative estimate of drug-likeness (QED) is 0.847. The second-order valence-electron chi connectivity index (χ2n) is 4.97. The van der Waals surface area contributed by atoms with Crippen molar-refractivity contribution in [2.75, 3.05) is 5.32 Å². The Balaban J connectivity index is 2.31. The van der Waals surface area contributed by atoms with E-state index in [4.69, 9.17) is 0 Å². The van der Waals surface area contributed by atoms with Crippen molar-refractivity contribution in [1.82, 2.24) is 14.6 Å². The third-order valence-electron chi connectivity index (χ3n) is 2.96. The van der Waals surface area contributed by atoms with E-state index in [0.29, 0.717) is 5.95 Å². The first-order valence-electron chi connectivity index (χ1n) is 5.68. The SMILES string of the molecule is Cc1ccc2nc(NC(C)(C)C(C)O)nn2c1. The highest BCUT2D eigenvalue weighted by molar-refractivity contribution is 5.45. The van der Waals surface area contributed by atoms with Crippen LogP contribution in [0.1, 0.15) is 26.3 Å². The molecule has 0 bridgehead atoms. The van der Waals surface area contributed by atoms with Gasteiger partial charge < -0.3 is 10.4 Å². The van der Waals surface area contributed by atoms with E-state index in [1.165, 1.54) is 0 Å². The van der Waals surface area contributed by atoms with Crippen LogP contribution in [-0.2, 0) is 0 Å². The standard InChI is InChI=1S/C12H18N4O/c1-8-5-6-10-13-11(15-16(10)7-8)14-12(3,4)9(2)17/h5-7,9,17H,1-4H3,(H,14,15). The number of hydrogen-bond acceptors (Lipinski definition) is 4. The number of pyridine rings is 1. The number of anilines is 1. The molecule has 5 heteroatoms. The van der Waals surface area contributed by atoms with Crippen molar-refractivity contribution >= 4 is 11.6 Å². The van der Waals surface area contributed by atoms with Crippen LogP contribution in [0.5, 0.6) is 0 Å². The molecule has 1 atom stereocenters. The summed E-state index contributed by atoms with van der Waals surface area (Å²) in [5, 5.41) is 17.1. The van der Waals surface area contributed by atoms with Crippen LogP contribution in [0.15, 0.2) is 18.3 Å². The van der Waals surface area contributed by atoms with Crippen LogP contribution < -0.4 is 5.32 Å². The van der Waals surface area contributed by atoms with Crippen molar-refractivity contribution in [3.63, 3.8) is 0 Å². The predicted molar refractivity (Wildman–Crippen MR) is 67.1 cm³/mol. The van der Waals surface area contributed by atoms with Crippen molar-refractivity contribution in [3.05, 3.63) is 23.9 Å². The Kier molecular flexibility index (Phi) is 2.79. The molecule has 0 aliphatic heterocycles. The van der Waals surface area contributed by atoms with Gasteiger partial charge in [-0.2, -0.15) is 4.98 Å². The summed E-state index contributed by atoms with van der Waals surface area (Å²) in [5.41, 5.74) is 1.46. The highest BCUT2D eigenvalue weighted by Gasteiger charge is 2.25. The highest BCUT2D eigenvalue weighted by Crippen LogP contribution is 2.16. The number of nitrogens with zero attached hydrogens (tertiary/aromatic N) is 3. The lowest BCUT2D eigenvalue weighted by Crippen LogP contribution is -2.42. The molecule has 0 aliphatic carbocycles. The van der Waals surface area contributed by atoms with Gasteiger partial charge >= 0.3 is 0 Å². The summed E-state index contributed by atoms with van der Waals surface area (Å²) in [6, 6.07) is 3.91. The molecular formula is C12H18N4O. The Bertz CT molecular complexity index is 530. The number of aliphatic hydroxyl groups is 1. The van der Waals surface area contributed by atoms with Gasteiger partial charge in [0, 0.05) is 6.20 Å². The lowest BCUT2D eigenvalue weighted by Gasteiger charge is -2.28. The molecule has 0 aliphatic rings. The van der Waals surface area contributed by atoms with E-state index in [1.807, 2.05) is 39.1 Å². The molecule has 0 spiro atoms. The van der Waals surface area contributed by atoms with E-state index in [9.17, 15) is 5.11 Å². The Labute approximate surface area is 100 Å². The maximum atomic E-state index is 9.64. The zero-order valence-electron chi connectivity index (χ0n) is 10.6. The summed E-state index contributed by atoms with van der Waals surface area (Å²) in [6.07, 6.45) is 1.43. The number of aliphatic hydroxyl groups excluding tert-OH is 1. The molecule has 2 rings (SSSR count). The summed E-state index contributed by atoms with van der Waals surface area (Å²) in [6.45, 7) is 7.57. The Morgan fingerprint density at radius 1 is 1.41 bits per heavy atom. The smallest absolute Gasteiger partial charge is 0.243 e. The Hall–Kier alpha value is -1.62. The van der Waals surface area contributed by atoms with E-state index in [2.05, 4.69) is 15.4 Å². The van der Waals surface area contributed by atoms with Crippen LogP contribution >= 0.6 is 0 Å². The fraction of sp³-hybridized carbons (Fsp3) is 0.500. The van der Waals surface area contributed by atoms with E-state index in [0.717, 1.165) is 11.2 Å². The maximum Gasteiger partial charge on any atom is 0.243 e. The molecule has 17 heavy (non-hydrogen) atoms. The summed E-state index contributed by atoms with van der Waals surface area (Å²) in [5.74, 6) is 0.529. The zero-order valence-corrected chi connectivity index (χ0v) is 10.6. The molecule has 0 aromatic carbocycles. The van der Waals surface area contributed by atoms with Crippen LogP contribution in [0.2, 0.25) is 0 Å². The molecule has 5 nitrogen and oxygen atoms in total. The monoisotopic (exact) mass is 234 g/mol. The van der Waals surface area contributed by atoms with Crippen LogP contribution in [0.3, 0.4) is 0 Å². The average molecular weight is 234 g/mol. The molecule has 2 aromatic heterocycles. The third-order valence-corrected chi connectivity index (χ3v) is 2.96. The van der Waals surface area contributed by atoms with Gasteiger partial charge in [-0.25, -0.2) is 4.52 Å². The van der Waals surface area contributed by atoms with E-state index < -0.39 is 11.6 Å². The van der Waals surface area contributed by atoms with Crippen LogP contribution in [0.25, 0.3) is 5.65 Å². The highest BCUT2D eigenvalue weighted by atomic mass is 16.3. The van der Waals surface area contributed by atoms with Gasteiger partial charge in [-0.05, 0) is 39.3 Å². The number of rotatable bonds is 3. The van der Waals surface area contributed by atoms with Crippen molar-refractivity contribution in [1.29, 1.82) is 0 Å². The molecule has 0 saturated carbocycles. The number of aryl methyl sites for hydroxylation is 1. The Morgan fingerprint density at radius 3 is 2.76 bits per heavy atom. The van der Waals surface area contributed by atoms with Crippen molar-refractivity contribution < 1.29 is 5.11 Å². The van der Waals surface area contributed by atoms with Gasteiger partial charge in [-0.3, -0.25) is 0 Å². The minimum Gasteiger partial charge on any atom is -0.391 e. The fourth-order valence-corrected chi connectivity index (χ4v) is 1.43. The first-order chi connectivity index (χ1) is 7.88. The summed E-state index contributed by atoms with van der Waals surface area (Å²) in [7, 11) is 0. The minimum absolute atomic E-state index is 0.458. The maximum absolute atomic E-state index is 9.64. The summed E-state index contributed by atoms with van der Waals surface area (Å²) in [4.78, 5) is 4.35. The fourth-order valence-electron chi connectivity index (χ4n) is 1.43. The largest absolute Gasteiger partial charge is 0.391 e. The molecule has 0 amide bonds. The molecule has 0 radical (unpaired) electrons. The first-order valence-corrected chi connectivity index (χ1v) is 5.68. The zero-order chi connectivity index (χ0) is 12.6. The van der Waals surface area contributed by atoms with Crippen LogP contribution in [-0.4, -0.2) is 31.3 Å². The molecule has 92 valence electrons. The normalized spacial score (nSPS) is 13.9. The minimum atomic E-state index is -0.490. The molecule has 0 saturated heterocycles. The van der Waals surface area contributed by atoms with E-state index in [-0.39, 0.29) is 0 Å². The third kappa shape index (κ3) is 2.39. The number of aromatic nitrogens is 3. The second-order valence-corrected chi connectivity index (χ2v) is 4.97. The predicted octanol–water partition coefficient (Wildman–Crippen LogP) is 1.61. The van der Waals surface area contributed by atoms with Gasteiger partial charge in [0.1, 0.15) is 0 Å². The van der Waals surface area contributed by atoms with Gasteiger partial charge in [-0.15, -0.1) is 5.10 Å². The average Bonchev–Trinajstić information content (AvgIpc) is 2.57. The Morgan fingerprint density at radius 2 is 2.12 bits per heavy atom. The molecule has 0 fully saturated rings. The van der Waals surface area contributed by atoms with Gasteiger partial charge in [0.15, 0.2) is 5.65 Å². The first kappa shape index (κ1) is 11.9. The van der Waals surface area contributed by atoms with Crippen LogP contribution in [0, 0.1) is 6.92 Å². The van der Waals surface area contributed by atoms with Crippen molar-refractivity contribution in [2.24, 2.45) is 0 Å². The molecule has 2 aromatic rings. The number of nitrogens with one attached hydrogen (secondary N) is 1. The van der Waals surface area contributed by atoms with Gasteiger partial charge in [0.05, 0.1) is 11.6 Å². The molecule has 1 unspecified atom stereocenters. The number of fused-ring (bicyclic) bond motifs is 1. The van der Waals surface area contributed by atoms with Crippen LogP contribution in [0.4, 0.5) is 5.95 Å². The van der Waals surface area contributed by atoms with Gasteiger partial charge in [-0.1, -0.05) is 6.07 Å². The molecular weight excluding hydrogens is 216 g/mol. The van der Waals surface area contributed by atoms with Gasteiger partial charge in [0.2, 0.25) is 5.95 Å². The van der Waals surface area contributed by atoms with E-state index >= 15 is 0 Å². The van der Waals surface area contributed by atoms with Crippen molar-refractivity contribution in [3.8, 4) is 0 Å². The lowest BCUT2D eigenvalue weighted by atomic mass is 9.99. The van der Waals surface area contributed by atoms with E-state index in [1.54, 1.807) is 11.4 Å². The number of hydrogen-bond donors (Lipinski definition) is 2. The van der Waals surface area contributed by atoms with Crippen molar-refractivity contribution in [2.45, 2.75) is 39.3 Å².